The van der Waals surface area contributed by atoms with Crippen molar-refractivity contribution in [3.63, 3.8) is 0 Å². The molecule has 0 bridgehead atoms. The van der Waals surface area contributed by atoms with Crippen LogP contribution in [0, 0.1) is 0 Å². The molecule has 8 rings (SSSR count). The normalized spacial score (nSPS) is 11.8. The average Bonchev–Trinajstić information content (AvgIpc) is 3.11. The molecule has 0 atom stereocenters. The van der Waals surface area contributed by atoms with Crippen LogP contribution in [-0.2, 0) is 0 Å². The van der Waals surface area contributed by atoms with E-state index >= 15 is 0 Å². The molecule has 0 aliphatic carbocycles. The maximum atomic E-state index is 6.52. The van der Waals surface area contributed by atoms with E-state index in [4.69, 9.17) is 4.74 Å². The third kappa shape index (κ3) is 4.83. The summed E-state index contributed by atoms with van der Waals surface area (Å²) in [4.78, 5) is 2.32. The maximum Gasteiger partial charge on any atom is 0.151 e. The lowest BCUT2D eigenvalue weighted by molar-refractivity contribution is 0.477. The summed E-state index contributed by atoms with van der Waals surface area (Å²) < 4.78 is 6.52. The smallest absolute Gasteiger partial charge is 0.151 e. The van der Waals surface area contributed by atoms with E-state index in [9.17, 15) is 0 Å². The summed E-state index contributed by atoms with van der Waals surface area (Å²) >= 11 is 0. The zero-order chi connectivity index (χ0) is 29.3. The third-order valence-corrected chi connectivity index (χ3v) is 8.28. The van der Waals surface area contributed by atoms with Gasteiger partial charge in [-0.15, -0.1) is 0 Å². The topological polar surface area (TPSA) is 12.5 Å². The number of hydrogen-bond donors (Lipinski definition) is 0. The molecule has 0 N–H and O–H groups in total. The minimum atomic E-state index is 0.839. The number of benzene rings is 7. The number of rotatable bonds is 5. The highest BCUT2D eigenvalue weighted by Gasteiger charge is 2.27. The Labute approximate surface area is 258 Å². The van der Waals surface area contributed by atoms with E-state index in [1.807, 2.05) is 12.1 Å². The lowest BCUT2D eigenvalue weighted by atomic mass is 9.98. The van der Waals surface area contributed by atoms with Gasteiger partial charge in [-0.05, 0) is 80.9 Å². The molecule has 1 heterocycles. The first-order chi connectivity index (χ1) is 21.8. The molecule has 0 saturated carbocycles. The van der Waals surface area contributed by atoms with Gasteiger partial charge in [-0.2, -0.15) is 0 Å². The van der Waals surface area contributed by atoms with Crippen LogP contribution in [0.4, 0.5) is 17.1 Å². The highest BCUT2D eigenvalue weighted by molar-refractivity contribution is 5.90. The van der Waals surface area contributed by atoms with E-state index in [1.54, 1.807) is 0 Å². The Hall–Kier alpha value is -5.86. The summed E-state index contributed by atoms with van der Waals surface area (Å²) in [5, 5.41) is 0. The third-order valence-electron chi connectivity index (χ3n) is 8.28. The van der Waals surface area contributed by atoms with E-state index < -0.39 is 0 Å². The van der Waals surface area contributed by atoms with Gasteiger partial charge in [-0.3, -0.25) is 0 Å². The van der Waals surface area contributed by atoms with E-state index in [0.29, 0.717) is 0 Å². The number of fused-ring (bicyclic) bond motifs is 2. The highest BCUT2D eigenvalue weighted by atomic mass is 16.5. The first-order valence-electron chi connectivity index (χ1n) is 14.9. The van der Waals surface area contributed by atoms with Gasteiger partial charge < -0.3 is 9.64 Å². The van der Waals surface area contributed by atoms with Gasteiger partial charge in [-0.1, -0.05) is 140 Å². The lowest BCUT2D eigenvalue weighted by Crippen LogP contribution is -2.16. The van der Waals surface area contributed by atoms with Crippen LogP contribution in [0.25, 0.3) is 44.5 Å². The molecule has 0 radical (unpaired) electrons. The molecule has 0 unspecified atom stereocenters. The van der Waals surface area contributed by atoms with Crippen molar-refractivity contribution < 1.29 is 4.74 Å². The Bertz CT molecular complexity index is 1920. The SMILES string of the molecule is c1ccc(-c2ccc(-c3ccc4c(c3)N(c3ccccc3)c3cc(-c5ccc(-c6ccccc6)cc5)ccc3O4)cc2)cc1. The van der Waals surface area contributed by atoms with Gasteiger partial charge in [0.05, 0.1) is 11.4 Å². The average molecular weight is 564 g/mol. The second kappa shape index (κ2) is 11.1. The fraction of sp³-hybridized carbons (Fsp3) is 0. The number of ether oxygens (including phenoxy) is 1. The largest absolute Gasteiger partial charge is 0.453 e. The van der Waals surface area contributed by atoms with Gasteiger partial charge in [0.1, 0.15) is 0 Å². The zero-order valence-corrected chi connectivity index (χ0v) is 24.1. The molecule has 1 aliphatic rings. The molecule has 2 nitrogen and oxygen atoms in total. The van der Waals surface area contributed by atoms with Gasteiger partial charge in [0.15, 0.2) is 11.5 Å². The van der Waals surface area contributed by atoms with Crippen LogP contribution in [0.15, 0.2) is 176 Å². The molecule has 0 saturated heterocycles. The Kier molecular flexibility index (Phi) is 6.51. The number of nitrogens with zero attached hydrogens (tertiary/aromatic N) is 1. The quantitative estimate of drug-likeness (QED) is 0.206. The van der Waals surface area contributed by atoms with Gasteiger partial charge in [0.2, 0.25) is 0 Å². The summed E-state index contributed by atoms with van der Waals surface area (Å²) in [6.45, 7) is 0. The molecule has 0 spiro atoms. The van der Waals surface area contributed by atoms with Crippen molar-refractivity contribution in [2.75, 3.05) is 4.90 Å². The van der Waals surface area contributed by atoms with Gasteiger partial charge in [0.25, 0.3) is 0 Å². The van der Waals surface area contributed by atoms with Crippen molar-refractivity contribution in [1.82, 2.24) is 0 Å². The van der Waals surface area contributed by atoms with Crippen molar-refractivity contribution in [3.8, 4) is 56.0 Å². The summed E-state index contributed by atoms with van der Waals surface area (Å²) in [6.07, 6.45) is 0. The van der Waals surface area contributed by atoms with Crippen molar-refractivity contribution >= 4 is 17.1 Å². The van der Waals surface area contributed by atoms with Crippen LogP contribution in [0.5, 0.6) is 11.5 Å². The molecule has 0 aromatic heterocycles. The minimum absolute atomic E-state index is 0.839. The van der Waals surface area contributed by atoms with Crippen LogP contribution in [0.1, 0.15) is 0 Å². The fourth-order valence-corrected chi connectivity index (χ4v) is 5.99. The highest BCUT2D eigenvalue weighted by Crippen LogP contribution is 2.52. The standard InChI is InChI=1S/C42H29NO/c1-4-10-30(11-5-1)32-16-20-34(21-17-32)36-24-26-41-39(28-36)43(38-14-8-3-9-15-38)40-29-37(25-27-42(40)44-41)35-22-18-33(19-23-35)31-12-6-2-7-13-31/h1-29H. The molecule has 7 aromatic carbocycles. The molecular weight excluding hydrogens is 534 g/mol. The molecule has 0 fully saturated rings. The zero-order valence-electron chi connectivity index (χ0n) is 24.1. The maximum absolute atomic E-state index is 6.52. The fourth-order valence-electron chi connectivity index (χ4n) is 5.99. The Morgan fingerprint density at radius 2 is 0.614 bits per heavy atom. The molecule has 208 valence electrons. The van der Waals surface area contributed by atoms with E-state index in [-0.39, 0.29) is 0 Å². The Morgan fingerprint density at radius 3 is 1.02 bits per heavy atom. The number of anilines is 3. The number of para-hydroxylation sites is 1. The second-order valence-electron chi connectivity index (χ2n) is 11.0. The second-order valence-corrected chi connectivity index (χ2v) is 11.0. The van der Waals surface area contributed by atoms with Crippen LogP contribution in [-0.4, -0.2) is 0 Å². The van der Waals surface area contributed by atoms with E-state index in [0.717, 1.165) is 39.7 Å². The lowest BCUT2D eigenvalue weighted by Gasteiger charge is -2.33. The molecular formula is C42H29NO. The van der Waals surface area contributed by atoms with Crippen molar-refractivity contribution in [3.05, 3.63) is 176 Å². The van der Waals surface area contributed by atoms with Crippen molar-refractivity contribution in [2.45, 2.75) is 0 Å². The Morgan fingerprint density at radius 1 is 0.295 bits per heavy atom. The van der Waals surface area contributed by atoms with Crippen molar-refractivity contribution in [1.29, 1.82) is 0 Å². The molecule has 1 aliphatic heterocycles. The number of hydrogen-bond acceptors (Lipinski definition) is 2. The van der Waals surface area contributed by atoms with E-state index in [2.05, 4.69) is 169 Å². The van der Waals surface area contributed by atoms with E-state index in [1.165, 1.54) is 33.4 Å². The van der Waals surface area contributed by atoms with Crippen LogP contribution in [0.3, 0.4) is 0 Å². The van der Waals surface area contributed by atoms with Crippen molar-refractivity contribution in [2.24, 2.45) is 0 Å². The first-order valence-corrected chi connectivity index (χ1v) is 14.9. The molecule has 44 heavy (non-hydrogen) atoms. The predicted molar refractivity (Wildman–Crippen MR) is 183 cm³/mol. The van der Waals surface area contributed by atoms with Crippen LogP contribution in [0.2, 0.25) is 0 Å². The summed E-state index contributed by atoms with van der Waals surface area (Å²) in [5.41, 5.74) is 12.6. The monoisotopic (exact) mass is 563 g/mol. The van der Waals surface area contributed by atoms with Gasteiger partial charge >= 0.3 is 0 Å². The molecule has 0 amide bonds. The van der Waals surface area contributed by atoms with Crippen LogP contribution < -0.4 is 9.64 Å². The predicted octanol–water partition coefficient (Wildman–Crippen LogP) is 11.9. The Balaban J connectivity index is 1.18. The van der Waals surface area contributed by atoms with Crippen LogP contribution >= 0.6 is 0 Å². The first kappa shape index (κ1) is 25.8. The molecule has 2 heteroatoms. The van der Waals surface area contributed by atoms with Gasteiger partial charge in [-0.25, -0.2) is 0 Å². The summed E-state index contributed by atoms with van der Waals surface area (Å²) in [7, 11) is 0. The summed E-state index contributed by atoms with van der Waals surface area (Å²) in [5.74, 6) is 1.68. The molecule has 7 aromatic rings. The van der Waals surface area contributed by atoms with Gasteiger partial charge in [0, 0.05) is 5.69 Å². The summed E-state index contributed by atoms with van der Waals surface area (Å²) in [6, 6.07) is 62.1. The minimum Gasteiger partial charge on any atom is -0.453 e.